The number of alkyl halides is 1. The van der Waals surface area contributed by atoms with Crippen LogP contribution in [-0.4, -0.2) is 22.7 Å². The number of aldehydes is 1. The van der Waals surface area contributed by atoms with E-state index < -0.39 is 11.3 Å². The highest BCUT2D eigenvalue weighted by Gasteiger charge is 2.11. The molecular formula is C7H11ClO3. The van der Waals surface area contributed by atoms with Crippen LogP contribution in [0.1, 0.15) is 25.7 Å². The third-order valence-corrected chi connectivity index (χ3v) is 1.70. The summed E-state index contributed by atoms with van der Waals surface area (Å²) in [5.74, 6) is -0.988. The molecule has 64 valence electrons. The highest BCUT2D eigenvalue weighted by molar-refractivity contribution is 6.29. The molecule has 0 aliphatic heterocycles. The average Bonchev–Trinajstić information content (AvgIpc) is 1.97. The van der Waals surface area contributed by atoms with Gasteiger partial charge in [-0.1, -0.05) is 6.42 Å². The maximum absolute atomic E-state index is 10.2. The van der Waals surface area contributed by atoms with E-state index in [0.717, 1.165) is 12.7 Å². The molecule has 0 aliphatic rings. The molecule has 0 aromatic heterocycles. The first kappa shape index (κ1) is 10.4. The van der Waals surface area contributed by atoms with Crippen molar-refractivity contribution in [3.63, 3.8) is 0 Å². The van der Waals surface area contributed by atoms with Gasteiger partial charge in [0.2, 0.25) is 0 Å². The van der Waals surface area contributed by atoms with Gasteiger partial charge in [0.25, 0.3) is 0 Å². The molecule has 0 fully saturated rings. The molecule has 0 saturated heterocycles. The Balaban J connectivity index is 3.24. The number of rotatable bonds is 6. The van der Waals surface area contributed by atoms with Gasteiger partial charge in [-0.2, -0.15) is 0 Å². The molecule has 0 aliphatic carbocycles. The number of carbonyl (C=O) groups is 2. The van der Waals surface area contributed by atoms with Crippen LogP contribution in [0.3, 0.4) is 0 Å². The van der Waals surface area contributed by atoms with Crippen LogP contribution in [0.15, 0.2) is 0 Å². The second kappa shape index (κ2) is 6.16. The molecule has 0 aromatic carbocycles. The Bertz CT molecular complexity index is 136. The van der Waals surface area contributed by atoms with E-state index in [-0.39, 0.29) is 0 Å². The van der Waals surface area contributed by atoms with Gasteiger partial charge < -0.3 is 9.90 Å². The predicted octanol–water partition coefficient (Wildman–Crippen LogP) is 1.44. The van der Waals surface area contributed by atoms with Crippen LogP contribution < -0.4 is 0 Å². The molecule has 1 unspecified atom stereocenters. The molecule has 0 aromatic rings. The first-order valence-electron chi connectivity index (χ1n) is 3.49. The van der Waals surface area contributed by atoms with Crippen LogP contribution in [0.4, 0.5) is 0 Å². The van der Waals surface area contributed by atoms with E-state index in [1.807, 2.05) is 0 Å². The fourth-order valence-electron chi connectivity index (χ4n) is 0.675. The minimum Gasteiger partial charge on any atom is -0.480 e. The minimum atomic E-state index is -0.988. The van der Waals surface area contributed by atoms with Gasteiger partial charge in [-0.05, 0) is 12.8 Å². The lowest BCUT2D eigenvalue weighted by molar-refractivity contribution is -0.136. The fraction of sp³-hybridized carbons (Fsp3) is 0.714. The van der Waals surface area contributed by atoms with Gasteiger partial charge in [0.1, 0.15) is 11.7 Å². The summed E-state index contributed by atoms with van der Waals surface area (Å²) < 4.78 is 0. The first-order valence-corrected chi connectivity index (χ1v) is 3.92. The normalized spacial score (nSPS) is 12.5. The number of unbranched alkanes of at least 4 members (excludes halogenated alkanes) is 2. The zero-order valence-electron chi connectivity index (χ0n) is 6.12. The Hall–Kier alpha value is -0.570. The van der Waals surface area contributed by atoms with Crippen LogP contribution in [0.25, 0.3) is 0 Å². The summed E-state index contributed by atoms with van der Waals surface area (Å²) in [5, 5.41) is 7.53. The summed E-state index contributed by atoms with van der Waals surface area (Å²) in [4.78, 5) is 20.0. The Morgan fingerprint density at radius 2 is 2.18 bits per heavy atom. The number of aliphatic carboxylic acids is 1. The highest BCUT2D eigenvalue weighted by atomic mass is 35.5. The summed E-state index contributed by atoms with van der Waals surface area (Å²) in [6, 6.07) is 0. The second-order valence-corrected chi connectivity index (χ2v) is 2.78. The summed E-state index contributed by atoms with van der Waals surface area (Å²) in [7, 11) is 0. The molecule has 11 heavy (non-hydrogen) atoms. The van der Waals surface area contributed by atoms with Gasteiger partial charge in [-0.3, -0.25) is 4.79 Å². The topological polar surface area (TPSA) is 54.4 Å². The van der Waals surface area contributed by atoms with Crippen molar-refractivity contribution in [1.29, 1.82) is 0 Å². The summed E-state index contributed by atoms with van der Waals surface area (Å²) >= 11 is 5.41. The number of carbonyl (C=O) groups excluding carboxylic acids is 1. The summed E-state index contributed by atoms with van der Waals surface area (Å²) in [6.07, 6.45) is 3.16. The predicted molar refractivity (Wildman–Crippen MR) is 41.8 cm³/mol. The van der Waals surface area contributed by atoms with Crippen LogP contribution in [0, 0.1) is 0 Å². The van der Waals surface area contributed by atoms with Crippen molar-refractivity contribution in [2.75, 3.05) is 0 Å². The molecule has 0 saturated carbocycles. The van der Waals surface area contributed by atoms with Gasteiger partial charge in [-0.25, -0.2) is 0 Å². The third-order valence-electron chi connectivity index (χ3n) is 1.30. The van der Waals surface area contributed by atoms with E-state index in [9.17, 15) is 9.59 Å². The number of hydrogen-bond donors (Lipinski definition) is 1. The van der Waals surface area contributed by atoms with Crippen molar-refractivity contribution >= 4 is 23.9 Å². The van der Waals surface area contributed by atoms with E-state index in [4.69, 9.17) is 16.7 Å². The molecule has 3 nitrogen and oxygen atoms in total. The number of carboxylic acids is 1. The maximum atomic E-state index is 10.2. The first-order chi connectivity index (χ1) is 5.18. The number of hydrogen-bond acceptors (Lipinski definition) is 2. The fourth-order valence-corrected chi connectivity index (χ4v) is 0.829. The Morgan fingerprint density at radius 1 is 1.55 bits per heavy atom. The Labute approximate surface area is 70.3 Å². The van der Waals surface area contributed by atoms with E-state index in [1.165, 1.54) is 0 Å². The summed E-state index contributed by atoms with van der Waals surface area (Å²) in [6.45, 7) is 0. The number of carboxylic acid groups (broad SMARTS) is 1. The van der Waals surface area contributed by atoms with E-state index in [1.54, 1.807) is 0 Å². The molecule has 0 rings (SSSR count). The van der Waals surface area contributed by atoms with E-state index >= 15 is 0 Å². The van der Waals surface area contributed by atoms with Crippen molar-refractivity contribution in [3.8, 4) is 0 Å². The van der Waals surface area contributed by atoms with E-state index in [0.29, 0.717) is 19.3 Å². The lowest BCUT2D eigenvalue weighted by atomic mass is 10.1. The van der Waals surface area contributed by atoms with Crippen molar-refractivity contribution in [2.24, 2.45) is 0 Å². The van der Waals surface area contributed by atoms with Crippen LogP contribution in [-0.2, 0) is 9.59 Å². The van der Waals surface area contributed by atoms with Crippen LogP contribution in [0.5, 0.6) is 0 Å². The standard InChI is InChI=1S/C7H11ClO3/c8-6(7(10)11)4-2-1-3-5-9/h5-6H,1-4H2,(H,10,11). The summed E-state index contributed by atoms with van der Waals surface area (Å²) in [5.41, 5.74) is 0. The maximum Gasteiger partial charge on any atom is 0.321 e. The van der Waals surface area contributed by atoms with Gasteiger partial charge in [0.05, 0.1) is 0 Å². The second-order valence-electron chi connectivity index (χ2n) is 2.26. The molecule has 0 spiro atoms. The quantitative estimate of drug-likeness (QED) is 0.380. The minimum absolute atomic E-state index is 0.435. The smallest absolute Gasteiger partial charge is 0.321 e. The van der Waals surface area contributed by atoms with Crippen LogP contribution >= 0.6 is 11.6 Å². The van der Waals surface area contributed by atoms with Gasteiger partial charge >= 0.3 is 5.97 Å². The zero-order valence-corrected chi connectivity index (χ0v) is 6.88. The van der Waals surface area contributed by atoms with Crippen molar-refractivity contribution < 1.29 is 14.7 Å². The van der Waals surface area contributed by atoms with Crippen molar-refractivity contribution in [2.45, 2.75) is 31.1 Å². The van der Waals surface area contributed by atoms with Gasteiger partial charge in [-0.15, -0.1) is 11.6 Å². The molecule has 0 bridgehead atoms. The molecular weight excluding hydrogens is 168 g/mol. The van der Waals surface area contributed by atoms with Gasteiger partial charge in [0, 0.05) is 6.42 Å². The Kier molecular flexibility index (Phi) is 5.84. The third kappa shape index (κ3) is 5.85. The molecule has 0 radical (unpaired) electrons. The molecule has 0 heterocycles. The average molecular weight is 179 g/mol. The molecule has 1 atom stereocenters. The highest BCUT2D eigenvalue weighted by Crippen LogP contribution is 2.08. The zero-order chi connectivity index (χ0) is 8.69. The lowest BCUT2D eigenvalue weighted by Gasteiger charge is -2.00. The lowest BCUT2D eigenvalue weighted by Crippen LogP contribution is -2.12. The Morgan fingerprint density at radius 3 is 2.64 bits per heavy atom. The van der Waals surface area contributed by atoms with Crippen molar-refractivity contribution in [3.05, 3.63) is 0 Å². The number of halogens is 1. The van der Waals surface area contributed by atoms with Gasteiger partial charge in [0.15, 0.2) is 0 Å². The molecule has 0 amide bonds. The molecule has 4 heteroatoms. The monoisotopic (exact) mass is 178 g/mol. The molecule has 1 N–H and O–H groups in total. The van der Waals surface area contributed by atoms with Crippen molar-refractivity contribution in [1.82, 2.24) is 0 Å². The van der Waals surface area contributed by atoms with E-state index in [2.05, 4.69) is 0 Å². The SMILES string of the molecule is O=CCCCCC(Cl)C(=O)O. The van der Waals surface area contributed by atoms with Crippen LogP contribution in [0.2, 0.25) is 0 Å². The largest absolute Gasteiger partial charge is 0.480 e.